The van der Waals surface area contributed by atoms with Crippen molar-refractivity contribution in [1.82, 2.24) is 19.8 Å². The molecule has 0 aliphatic carbocycles. The van der Waals surface area contributed by atoms with E-state index in [0.29, 0.717) is 51.8 Å². The van der Waals surface area contributed by atoms with Gasteiger partial charge in [-0.25, -0.2) is 0 Å². The van der Waals surface area contributed by atoms with E-state index < -0.39 is 5.41 Å². The predicted molar refractivity (Wildman–Crippen MR) is 244 cm³/mol. The molecule has 0 bridgehead atoms. The van der Waals surface area contributed by atoms with Gasteiger partial charge < -0.3 is 24.2 Å². The highest BCUT2D eigenvalue weighted by atomic mass is 35.5. The third-order valence-corrected chi connectivity index (χ3v) is 11.5. The number of hydrogen-bond donors (Lipinski definition) is 0. The first kappa shape index (κ1) is 47.5. The Morgan fingerprint density at radius 3 is 2.40 bits per heavy atom. The van der Waals surface area contributed by atoms with E-state index in [1.165, 1.54) is 13.0 Å². The number of aryl methyl sites for hydroxylation is 1. The van der Waals surface area contributed by atoms with Gasteiger partial charge in [0.2, 0.25) is 5.91 Å². The molecule has 322 valence electrons. The molecule has 2 fully saturated rings. The fourth-order valence-electron chi connectivity index (χ4n) is 7.95. The molecule has 1 amide bonds. The minimum atomic E-state index is -0.616. The van der Waals surface area contributed by atoms with Gasteiger partial charge >= 0.3 is 12.0 Å². The van der Waals surface area contributed by atoms with Gasteiger partial charge in [-0.2, -0.15) is 15.2 Å². The Bertz CT molecular complexity index is 2110. The van der Waals surface area contributed by atoms with Gasteiger partial charge in [0.15, 0.2) is 0 Å². The largest absolute Gasteiger partial charge is 0.462 e. The maximum atomic E-state index is 13.1. The Labute approximate surface area is 362 Å². The summed E-state index contributed by atoms with van der Waals surface area (Å²) < 4.78 is 12.3. The lowest BCUT2D eigenvalue weighted by atomic mass is 9.89. The normalized spacial score (nSPS) is 16.2. The molecule has 3 aliphatic heterocycles. The number of benzene rings is 3. The van der Waals surface area contributed by atoms with Crippen LogP contribution in [0.5, 0.6) is 6.01 Å². The number of carbonyl (C=O) groups is 2. The number of piperazine rings is 1. The third kappa shape index (κ3) is 11.8. The van der Waals surface area contributed by atoms with E-state index in [-0.39, 0.29) is 32.0 Å². The van der Waals surface area contributed by atoms with E-state index in [4.69, 9.17) is 36.3 Å². The highest BCUT2D eigenvalue weighted by Crippen LogP contribution is 2.37. The van der Waals surface area contributed by atoms with Crippen molar-refractivity contribution in [2.24, 2.45) is 5.41 Å². The van der Waals surface area contributed by atoms with Crippen LogP contribution in [0.15, 0.2) is 73.3 Å². The lowest BCUT2D eigenvalue weighted by Crippen LogP contribution is -2.49. The molecule has 2 saturated heterocycles. The van der Waals surface area contributed by atoms with E-state index in [9.17, 15) is 9.59 Å². The summed E-state index contributed by atoms with van der Waals surface area (Å²) in [5, 5.41) is 10.2. The molecule has 3 aliphatic rings. The van der Waals surface area contributed by atoms with Crippen molar-refractivity contribution in [3.63, 3.8) is 0 Å². The Hall–Kier alpha value is -5.18. The van der Waals surface area contributed by atoms with Crippen molar-refractivity contribution in [3.8, 4) is 12.1 Å². The second-order valence-corrected chi connectivity index (χ2v) is 16.0. The van der Waals surface area contributed by atoms with Crippen LogP contribution < -0.4 is 14.5 Å². The van der Waals surface area contributed by atoms with Crippen LogP contribution in [0.1, 0.15) is 83.7 Å². The van der Waals surface area contributed by atoms with Gasteiger partial charge in [0.1, 0.15) is 19.0 Å². The molecule has 4 aromatic rings. The molecule has 1 unspecified atom stereocenters. The minimum Gasteiger partial charge on any atom is -0.462 e. The van der Waals surface area contributed by atoms with Crippen LogP contribution in [0.25, 0.3) is 10.8 Å². The molecule has 0 radical (unpaired) electrons. The van der Waals surface area contributed by atoms with Crippen LogP contribution in [0, 0.1) is 23.7 Å². The predicted octanol–water partition coefficient (Wildman–Crippen LogP) is 9.18. The number of rotatable bonds is 12. The van der Waals surface area contributed by atoms with E-state index in [2.05, 4.69) is 45.5 Å². The van der Waals surface area contributed by atoms with Gasteiger partial charge in [0.05, 0.1) is 28.7 Å². The molecule has 3 aromatic carbocycles. The summed E-state index contributed by atoms with van der Waals surface area (Å²) in [6.45, 7) is 21.5. The fraction of sp³-hybridized carbons (Fsp3) is 0.479. The summed E-state index contributed by atoms with van der Waals surface area (Å²) in [6, 6.07) is 22.7. The SMILES string of the molecule is C.C=CC(=O)N1CCN(c2nc(OCC3CCCN3CCC(C)(C)C(=O)OCc3cccc(C)c3)nc3c2CCN(c2cccc4cccc(Cl)c24)C3)CC1.CC.CC#N. The smallest absolute Gasteiger partial charge is 0.318 e. The molecule has 0 spiro atoms. The second kappa shape index (κ2) is 22.4. The zero-order valence-corrected chi connectivity index (χ0v) is 36.4. The molecule has 60 heavy (non-hydrogen) atoms. The first-order valence-electron chi connectivity index (χ1n) is 20.9. The molecule has 0 saturated carbocycles. The number of carbonyl (C=O) groups excluding carboxylic acids is 2. The second-order valence-electron chi connectivity index (χ2n) is 15.6. The number of hydrogen-bond acceptors (Lipinski definition) is 10. The molecule has 1 atom stereocenters. The number of amides is 1. The molecule has 7 rings (SSSR count). The third-order valence-electron chi connectivity index (χ3n) is 11.2. The molecular weight excluding hydrogens is 774 g/mol. The van der Waals surface area contributed by atoms with Crippen molar-refractivity contribution in [2.75, 3.05) is 62.2 Å². The highest BCUT2D eigenvalue weighted by molar-refractivity contribution is 6.36. The lowest BCUT2D eigenvalue weighted by Gasteiger charge is -2.38. The van der Waals surface area contributed by atoms with Crippen LogP contribution in [0.2, 0.25) is 5.02 Å². The highest BCUT2D eigenvalue weighted by Gasteiger charge is 2.34. The average molecular weight is 839 g/mol. The average Bonchev–Trinajstić information content (AvgIpc) is 3.71. The van der Waals surface area contributed by atoms with Gasteiger partial charge in [-0.15, -0.1) is 0 Å². The summed E-state index contributed by atoms with van der Waals surface area (Å²) in [6.07, 6.45) is 4.92. The van der Waals surface area contributed by atoms with Crippen molar-refractivity contribution >= 4 is 45.8 Å². The Balaban J connectivity index is 0.00000127. The van der Waals surface area contributed by atoms with E-state index in [1.807, 2.05) is 75.9 Å². The summed E-state index contributed by atoms with van der Waals surface area (Å²) in [5.41, 5.74) is 4.70. The Kier molecular flexibility index (Phi) is 17.8. The summed E-state index contributed by atoms with van der Waals surface area (Å²) in [7, 11) is 0. The van der Waals surface area contributed by atoms with Gasteiger partial charge in [0, 0.05) is 62.3 Å². The standard InChI is InChI=1S/C43H51ClN6O4.C2H3N.C2H6.CH4/c1-5-38(51)48-22-24-49(25-23-48)40-34-17-20-50(37-16-8-13-32-12-7-15-35(44)39(32)37)27-36(34)45-42(46-40)54-29-33-14-9-19-47(33)21-18-43(3,4)41(52)53-28-31-11-6-10-30(2)26-31;1-2-3;1-2;/h5-8,10-13,15-16,26,33H,1,9,14,17-25,27-29H2,2-4H3;1H3;1-2H3;1H4. The van der Waals surface area contributed by atoms with Crippen molar-refractivity contribution < 1.29 is 19.1 Å². The molecule has 11 nitrogen and oxygen atoms in total. The van der Waals surface area contributed by atoms with E-state index in [1.54, 1.807) is 6.07 Å². The topological polar surface area (TPSA) is 115 Å². The first-order chi connectivity index (χ1) is 28.5. The fourth-order valence-corrected chi connectivity index (χ4v) is 8.23. The summed E-state index contributed by atoms with van der Waals surface area (Å²) >= 11 is 6.76. The van der Waals surface area contributed by atoms with Gasteiger partial charge in [-0.05, 0) is 88.7 Å². The number of nitriles is 1. The number of likely N-dealkylation sites (tertiary alicyclic amines) is 1. The summed E-state index contributed by atoms with van der Waals surface area (Å²) in [4.78, 5) is 44.5. The Morgan fingerprint density at radius 1 is 1.00 bits per heavy atom. The molecule has 4 heterocycles. The molecule has 12 heteroatoms. The van der Waals surface area contributed by atoms with Crippen LogP contribution in [-0.2, 0) is 33.9 Å². The van der Waals surface area contributed by atoms with Crippen molar-refractivity contribution in [1.29, 1.82) is 5.26 Å². The van der Waals surface area contributed by atoms with E-state index in [0.717, 1.165) is 88.6 Å². The minimum absolute atomic E-state index is 0. The Morgan fingerprint density at radius 2 is 1.70 bits per heavy atom. The maximum absolute atomic E-state index is 13.1. The quantitative estimate of drug-likeness (QED) is 0.101. The number of nitrogens with zero attached hydrogens (tertiary/aromatic N) is 7. The number of aromatic nitrogens is 2. The first-order valence-corrected chi connectivity index (χ1v) is 21.3. The molecular formula is C48H64ClN7O4. The summed E-state index contributed by atoms with van der Waals surface area (Å²) in [5.74, 6) is 0.669. The van der Waals surface area contributed by atoms with Crippen molar-refractivity contribution in [2.45, 2.75) is 93.8 Å². The van der Waals surface area contributed by atoms with Crippen LogP contribution in [0.4, 0.5) is 11.5 Å². The number of anilines is 2. The number of esters is 1. The van der Waals surface area contributed by atoms with E-state index >= 15 is 0 Å². The maximum Gasteiger partial charge on any atom is 0.318 e. The van der Waals surface area contributed by atoms with Crippen LogP contribution >= 0.6 is 11.6 Å². The van der Waals surface area contributed by atoms with Crippen molar-refractivity contribution in [3.05, 3.63) is 101 Å². The van der Waals surface area contributed by atoms with Crippen LogP contribution in [-0.4, -0.2) is 90.1 Å². The lowest BCUT2D eigenvalue weighted by molar-refractivity contribution is -0.156. The number of fused-ring (bicyclic) bond motifs is 2. The zero-order valence-electron chi connectivity index (χ0n) is 35.7. The van der Waals surface area contributed by atoms with Gasteiger partial charge in [-0.3, -0.25) is 14.5 Å². The number of ether oxygens (including phenoxy) is 2. The van der Waals surface area contributed by atoms with Gasteiger partial charge in [-0.1, -0.05) is 93.5 Å². The number of halogens is 1. The van der Waals surface area contributed by atoms with Gasteiger partial charge in [0.25, 0.3) is 0 Å². The zero-order chi connectivity index (χ0) is 42.5. The monoisotopic (exact) mass is 837 g/mol. The molecule has 0 N–H and O–H groups in total. The van der Waals surface area contributed by atoms with Crippen LogP contribution in [0.3, 0.4) is 0 Å². The molecule has 1 aromatic heterocycles.